The molecule has 0 spiro atoms. The molecule has 112 valence electrons. The van der Waals surface area contributed by atoms with Gasteiger partial charge in [-0.1, -0.05) is 25.4 Å². The highest BCUT2D eigenvalue weighted by Crippen LogP contribution is 2.19. The lowest BCUT2D eigenvalue weighted by molar-refractivity contribution is -0.117. The van der Waals surface area contributed by atoms with E-state index in [9.17, 15) is 9.90 Å². The Balaban J connectivity index is 2.67. The minimum Gasteiger partial charge on any atom is -0.394 e. The second-order valence-electron chi connectivity index (χ2n) is 5.26. The summed E-state index contributed by atoms with van der Waals surface area (Å²) < 4.78 is 1.56. The normalized spacial score (nSPS) is 13.2. The van der Waals surface area contributed by atoms with Gasteiger partial charge in [-0.2, -0.15) is 5.10 Å². The van der Waals surface area contributed by atoms with Gasteiger partial charge in [0.2, 0.25) is 5.91 Å². The first-order valence-corrected chi connectivity index (χ1v) is 7.01. The Morgan fingerprint density at radius 1 is 1.55 bits per heavy atom. The number of rotatable bonds is 6. The minimum atomic E-state index is -0.246. The van der Waals surface area contributed by atoms with E-state index in [1.807, 2.05) is 20.8 Å². The van der Waals surface area contributed by atoms with Crippen LogP contribution in [-0.2, 0) is 11.8 Å². The van der Waals surface area contributed by atoms with Crippen LogP contribution in [0.25, 0.3) is 6.08 Å². The average molecular weight is 300 g/mol. The van der Waals surface area contributed by atoms with Gasteiger partial charge < -0.3 is 10.4 Å². The van der Waals surface area contributed by atoms with Crippen LogP contribution >= 0.6 is 11.6 Å². The van der Waals surface area contributed by atoms with Crippen LogP contribution < -0.4 is 5.32 Å². The van der Waals surface area contributed by atoms with Crippen molar-refractivity contribution >= 4 is 23.6 Å². The summed E-state index contributed by atoms with van der Waals surface area (Å²) in [5, 5.41) is 16.7. The molecular weight excluding hydrogens is 278 g/mol. The van der Waals surface area contributed by atoms with E-state index >= 15 is 0 Å². The number of aliphatic hydroxyl groups excluding tert-OH is 1. The molecule has 0 aliphatic carbocycles. The highest BCUT2D eigenvalue weighted by Gasteiger charge is 2.12. The lowest BCUT2D eigenvalue weighted by atomic mass is 10.0. The maximum atomic E-state index is 11.8. The summed E-state index contributed by atoms with van der Waals surface area (Å²) >= 11 is 6.08. The van der Waals surface area contributed by atoms with Crippen molar-refractivity contribution in [1.82, 2.24) is 15.1 Å². The minimum absolute atomic E-state index is 0.0650. The summed E-state index contributed by atoms with van der Waals surface area (Å²) in [5.74, 6) is 0.162. The number of aliphatic hydroxyl groups is 1. The lowest BCUT2D eigenvalue weighted by Gasteiger charge is -2.17. The van der Waals surface area contributed by atoms with E-state index in [4.69, 9.17) is 11.6 Å². The quantitative estimate of drug-likeness (QED) is 0.789. The maximum absolute atomic E-state index is 11.8. The molecule has 1 atom stereocenters. The molecule has 1 heterocycles. The first kappa shape index (κ1) is 16.7. The Bertz CT molecular complexity index is 495. The molecule has 0 bridgehead atoms. The van der Waals surface area contributed by atoms with Crippen molar-refractivity contribution in [3.05, 3.63) is 22.5 Å². The monoisotopic (exact) mass is 299 g/mol. The fourth-order valence-corrected chi connectivity index (χ4v) is 2.23. The van der Waals surface area contributed by atoms with Crippen LogP contribution in [0, 0.1) is 12.8 Å². The van der Waals surface area contributed by atoms with Gasteiger partial charge in [-0.05, 0) is 25.3 Å². The number of nitrogens with one attached hydrogen (secondary N) is 1. The standard InChI is InChI=1S/C14H22ClN3O2/c1-9(2)7-11(8-19)16-13(20)6-5-12-10(3)17-18(4)14(12)15/h5-6,9,11,19H,7-8H2,1-4H3,(H,16,20)/b6-5+. The Hall–Kier alpha value is -1.33. The predicted octanol–water partition coefficient (Wildman–Crippen LogP) is 1.92. The second-order valence-corrected chi connectivity index (χ2v) is 5.62. The number of carbonyl (C=O) groups is 1. The topological polar surface area (TPSA) is 67.2 Å². The third kappa shape index (κ3) is 4.65. The van der Waals surface area contributed by atoms with Crippen LogP contribution in [0.3, 0.4) is 0 Å². The Labute approximate surface area is 124 Å². The van der Waals surface area contributed by atoms with Crippen LogP contribution in [0.1, 0.15) is 31.5 Å². The fraction of sp³-hybridized carbons (Fsp3) is 0.571. The molecule has 0 saturated heterocycles. The van der Waals surface area contributed by atoms with Crippen molar-refractivity contribution in [2.24, 2.45) is 13.0 Å². The number of carbonyl (C=O) groups excluding carboxylic acids is 1. The van der Waals surface area contributed by atoms with Crippen molar-refractivity contribution in [3.63, 3.8) is 0 Å². The summed E-state index contributed by atoms with van der Waals surface area (Å²) in [6.45, 7) is 5.86. The van der Waals surface area contributed by atoms with Gasteiger partial charge in [0, 0.05) is 18.7 Å². The number of amides is 1. The molecule has 0 radical (unpaired) electrons. The van der Waals surface area contributed by atoms with E-state index in [1.54, 1.807) is 17.8 Å². The molecule has 1 aromatic heterocycles. The fourth-order valence-electron chi connectivity index (χ4n) is 1.99. The highest BCUT2D eigenvalue weighted by atomic mass is 35.5. The summed E-state index contributed by atoms with van der Waals surface area (Å²) in [6.07, 6.45) is 3.80. The van der Waals surface area contributed by atoms with Crippen molar-refractivity contribution in [2.45, 2.75) is 33.2 Å². The first-order chi connectivity index (χ1) is 9.35. The van der Waals surface area contributed by atoms with E-state index < -0.39 is 0 Å². The van der Waals surface area contributed by atoms with Crippen molar-refractivity contribution < 1.29 is 9.90 Å². The summed E-state index contributed by atoms with van der Waals surface area (Å²) in [4.78, 5) is 11.8. The first-order valence-electron chi connectivity index (χ1n) is 6.63. The molecule has 1 amide bonds. The Kier molecular flexibility index (Phi) is 6.23. The second kappa shape index (κ2) is 7.45. The van der Waals surface area contributed by atoms with Crippen LogP contribution in [-0.4, -0.2) is 33.4 Å². The van der Waals surface area contributed by atoms with Gasteiger partial charge >= 0.3 is 0 Å². The number of halogens is 1. The van der Waals surface area contributed by atoms with Crippen LogP contribution in [0.15, 0.2) is 6.08 Å². The molecule has 1 rings (SSSR count). The summed E-state index contributed by atoms with van der Waals surface area (Å²) in [6, 6.07) is -0.224. The molecule has 2 N–H and O–H groups in total. The number of hydrogen-bond donors (Lipinski definition) is 2. The Morgan fingerprint density at radius 2 is 2.20 bits per heavy atom. The zero-order chi connectivity index (χ0) is 15.3. The predicted molar refractivity (Wildman–Crippen MR) is 80.5 cm³/mol. The van der Waals surface area contributed by atoms with E-state index in [0.29, 0.717) is 11.1 Å². The average Bonchev–Trinajstić information content (AvgIpc) is 2.60. The zero-order valence-electron chi connectivity index (χ0n) is 12.4. The summed E-state index contributed by atoms with van der Waals surface area (Å²) in [7, 11) is 1.75. The van der Waals surface area contributed by atoms with E-state index in [-0.39, 0.29) is 18.6 Å². The van der Waals surface area contributed by atoms with Crippen LogP contribution in [0.2, 0.25) is 5.15 Å². The van der Waals surface area contributed by atoms with E-state index in [1.165, 1.54) is 6.08 Å². The van der Waals surface area contributed by atoms with E-state index in [2.05, 4.69) is 10.4 Å². The number of nitrogens with zero attached hydrogens (tertiary/aromatic N) is 2. The molecule has 0 aliphatic rings. The smallest absolute Gasteiger partial charge is 0.244 e. The lowest BCUT2D eigenvalue weighted by Crippen LogP contribution is -2.37. The van der Waals surface area contributed by atoms with Gasteiger partial charge in [-0.3, -0.25) is 9.48 Å². The number of aromatic nitrogens is 2. The highest BCUT2D eigenvalue weighted by molar-refractivity contribution is 6.31. The largest absolute Gasteiger partial charge is 0.394 e. The zero-order valence-corrected chi connectivity index (χ0v) is 13.1. The van der Waals surface area contributed by atoms with Crippen LogP contribution in [0.4, 0.5) is 0 Å². The number of hydrogen-bond acceptors (Lipinski definition) is 3. The van der Waals surface area contributed by atoms with Gasteiger partial charge in [0.05, 0.1) is 18.3 Å². The molecule has 5 nitrogen and oxygen atoms in total. The molecule has 0 saturated carbocycles. The molecule has 0 aliphatic heterocycles. The molecule has 1 aromatic rings. The van der Waals surface area contributed by atoms with Crippen LogP contribution in [0.5, 0.6) is 0 Å². The van der Waals surface area contributed by atoms with Gasteiger partial charge in [0.1, 0.15) is 5.15 Å². The van der Waals surface area contributed by atoms with Gasteiger partial charge in [-0.25, -0.2) is 0 Å². The van der Waals surface area contributed by atoms with Gasteiger partial charge in [-0.15, -0.1) is 0 Å². The molecule has 20 heavy (non-hydrogen) atoms. The van der Waals surface area contributed by atoms with Crippen molar-refractivity contribution in [1.29, 1.82) is 0 Å². The molecule has 1 unspecified atom stereocenters. The van der Waals surface area contributed by atoms with Gasteiger partial charge in [0.15, 0.2) is 0 Å². The molecule has 0 aromatic carbocycles. The third-order valence-electron chi connectivity index (χ3n) is 2.92. The molecule has 0 fully saturated rings. The maximum Gasteiger partial charge on any atom is 0.244 e. The summed E-state index contributed by atoms with van der Waals surface area (Å²) in [5.41, 5.74) is 1.50. The van der Waals surface area contributed by atoms with E-state index in [0.717, 1.165) is 17.7 Å². The van der Waals surface area contributed by atoms with Gasteiger partial charge in [0.25, 0.3) is 0 Å². The SMILES string of the molecule is Cc1nn(C)c(Cl)c1/C=C/C(=O)NC(CO)CC(C)C. The number of aryl methyl sites for hydroxylation is 2. The van der Waals surface area contributed by atoms with Crippen molar-refractivity contribution in [3.8, 4) is 0 Å². The third-order valence-corrected chi connectivity index (χ3v) is 3.37. The Morgan fingerprint density at radius 3 is 2.65 bits per heavy atom. The molecular formula is C14H22ClN3O2. The van der Waals surface area contributed by atoms with Crippen molar-refractivity contribution in [2.75, 3.05) is 6.61 Å². The molecule has 6 heteroatoms.